The van der Waals surface area contributed by atoms with E-state index in [1.807, 2.05) is 0 Å². The summed E-state index contributed by atoms with van der Waals surface area (Å²) in [6, 6.07) is 0. The van der Waals surface area contributed by atoms with Gasteiger partial charge in [-0.1, -0.05) is 0 Å². The Bertz CT molecular complexity index is 600. The van der Waals surface area contributed by atoms with Gasteiger partial charge in [-0.3, -0.25) is 9.48 Å². The van der Waals surface area contributed by atoms with Gasteiger partial charge in [-0.05, 0) is 34.6 Å². The average molecular weight is 333 g/mol. The summed E-state index contributed by atoms with van der Waals surface area (Å²) in [4.78, 5) is 14.0. The van der Waals surface area contributed by atoms with Crippen molar-refractivity contribution >= 4 is 5.91 Å². The third-order valence-corrected chi connectivity index (χ3v) is 3.62. The number of carbonyl (C=O) groups excluding carboxylic acids is 1. The number of aromatic nitrogens is 2. The highest BCUT2D eigenvalue weighted by molar-refractivity contribution is 5.95. The second-order valence-electron chi connectivity index (χ2n) is 7.32. The summed E-state index contributed by atoms with van der Waals surface area (Å²) >= 11 is 0. The molecule has 0 aliphatic carbocycles. The van der Waals surface area contributed by atoms with E-state index in [-0.39, 0.29) is 13.1 Å². The van der Waals surface area contributed by atoms with Gasteiger partial charge < -0.3 is 9.64 Å². The van der Waals surface area contributed by atoms with Gasteiger partial charge in [0.15, 0.2) is 5.69 Å². The van der Waals surface area contributed by atoms with E-state index in [0.29, 0.717) is 6.61 Å². The normalized spacial score (nSPS) is 19.0. The Morgan fingerprint density at radius 2 is 1.91 bits per heavy atom. The number of carbonyl (C=O) groups is 1. The van der Waals surface area contributed by atoms with Crippen LogP contribution in [0.3, 0.4) is 0 Å². The zero-order chi connectivity index (χ0) is 17.6. The highest BCUT2D eigenvalue weighted by Gasteiger charge is 2.43. The zero-order valence-corrected chi connectivity index (χ0v) is 14.0. The van der Waals surface area contributed by atoms with E-state index >= 15 is 0 Å². The quantitative estimate of drug-likeness (QED) is 0.794. The van der Waals surface area contributed by atoms with Crippen LogP contribution in [0.25, 0.3) is 0 Å². The molecule has 2 rings (SSSR count). The number of morpholine rings is 1. The zero-order valence-electron chi connectivity index (χ0n) is 14.0. The summed E-state index contributed by atoms with van der Waals surface area (Å²) in [5.41, 5.74) is -2.87. The van der Waals surface area contributed by atoms with Crippen molar-refractivity contribution < 1.29 is 22.7 Å². The maximum Gasteiger partial charge on any atom is 0.433 e. The van der Waals surface area contributed by atoms with Crippen LogP contribution in [0.1, 0.15) is 50.7 Å². The highest BCUT2D eigenvalue weighted by Crippen LogP contribution is 2.35. The van der Waals surface area contributed by atoms with E-state index in [4.69, 9.17) is 4.74 Å². The first kappa shape index (κ1) is 17.8. The van der Waals surface area contributed by atoms with Crippen molar-refractivity contribution in [3.63, 3.8) is 0 Å². The van der Waals surface area contributed by atoms with Gasteiger partial charge in [-0.15, -0.1) is 0 Å². The van der Waals surface area contributed by atoms with Crippen molar-refractivity contribution in [3.05, 3.63) is 17.5 Å². The monoisotopic (exact) mass is 333 g/mol. The van der Waals surface area contributed by atoms with Crippen LogP contribution in [0.4, 0.5) is 13.2 Å². The molecule has 0 aromatic carbocycles. The maximum atomic E-state index is 13.5. The molecule has 1 aromatic heterocycles. The van der Waals surface area contributed by atoms with Crippen LogP contribution >= 0.6 is 0 Å². The molecular weight excluding hydrogens is 311 g/mol. The molecule has 0 atom stereocenters. The van der Waals surface area contributed by atoms with E-state index in [1.54, 1.807) is 34.6 Å². The number of hydrogen-bond acceptors (Lipinski definition) is 3. The molecule has 1 saturated heterocycles. The number of halogens is 3. The molecular formula is C15H22F3N3O2. The van der Waals surface area contributed by atoms with Crippen molar-refractivity contribution in [3.8, 4) is 0 Å². The summed E-state index contributed by atoms with van der Waals surface area (Å²) in [5.74, 6) is -0.663. The minimum absolute atomic E-state index is 0.240. The Kier molecular flexibility index (Phi) is 4.26. The molecule has 8 heteroatoms. The lowest BCUT2D eigenvalue weighted by Gasteiger charge is -2.38. The van der Waals surface area contributed by atoms with Gasteiger partial charge in [0.05, 0.1) is 29.5 Å². The van der Waals surface area contributed by atoms with Crippen molar-refractivity contribution in [2.75, 3.05) is 19.7 Å². The second kappa shape index (κ2) is 5.51. The average Bonchev–Trinajstić information content (AvgIpc) is 2.80. The van der Waals surface area contributed by atoms with Gasteiger partial charge >= 0.3 is 6.18 Å². The van der Waals surface area contributed by atoms with Gasteiger partial charge in [-0.2, -0.15) is 18.3 Å². The van der Waals surface area contributed by atoms with Gasteiger partial charge in [0.25, 0.3) is 5.91 Å². The predicted molar refractivity (Wildman–Crippen MR) is 78.2 cm³/mol. The lowest BCUT2D eigenvalue weighted by Crippen LogP contribution is -2.50. The lowest BCUT2D eigenvalue weighted by atomic mass is 10.1. The smallest absolute Gasteiger partial charge is 0.372 e. The molecule has 23 heavy (non-hydrogen) atoms. The van der Waals surface area contributed by atoms with Crippen LogP contribution < -0.4 is 0 Å². The second-order valence-corrected chi connectivity index (χ2v) is 7.32. The Morgan fingerprint density at radius 1 is 1.30 bits per heavy atom. The molecule has 0 radical (unpaired) electrons. The van der Waals surface area contributed by atoms with E-state index in [9.17, 15) is 18.0 Å². The van der Waals surface area contributed by atoms with Crippen LogP contribution in [0, 0.1) is 0 Å². The number of amides is 1. The standard InChI is InChI=1S/C15H22F3N3O2/c1-13(2,3)21-11(15(16,17)18)10(8-19-21)12(22)20-6-7-23-14(4,5)9-20/h8H,6-7,9H2,1-5H3. The number of rotatable bonds is 1. The summed E-state index contributed by atoms with van der Waals surface area (Å²) in [5, 5.41) is 3.82. The maximum absolute atomic E-state index is 13.5. The van der Waals surface area contributed by atoms with Crippen molar-refractivity contribution in [1.82, 2.24) is 14.7 Å². The van der Waals surface area contributed by atoms with Crippen LogP contribution in [-0.2, 0) is 16.5 Å². The SMILES string of the molecule is CC1(C)CN(C(=O)c2cnn(C(C)(C)C)c2C(F)(F)F)CCO1. The minimum atomic E-state index is -4.66. The molecule has 0 spiro atoms. The third-order valence-electron chi connectivity index (χ3n) is 3.62. The molecule has 1 aliphatic heterocycles. The molecule has 1 aliphatic rings. The summed E-state index contributed by atoms with van der Waals surface area (Å²) in [7, 11) is 0. The first-order valence-electron chi connectivity index (χ1n) is 7.42. The Labute approximate surface area is 133 Å². The number of nitrogens with zero attached hydrogens (tertiary/aromatic N) is 3. The molecule has 1 fully saturated rings. The molecule has 1 aromatic rings. The molecule has 1 amide bonds. The molecule has 0 unspecified atom stereocenters. The van der Waals surface area contributed by atoms with Gasteiger partial charge in [0.2, 0.25) is 0 Å². The van der Waals surface area contributed by atoms with E-state index in [0.717, 1.165) is 10.9 Å². The molecule has 5 nitrogen and oxygen atoms in total. The number of ether oxygens (including phenoxy) is 1. The van der Waals surface area contributed by atoms with Gasteiger partial charge in [0, 0.05) is 13.1 Å². The van der Waals surface area contributed by atoms with Crippen LogP contribution in [0.2, 0.25) is 0 Å². The topological polar surface area (TPSA) is 47.4 Å². The van der Waals surface area contributed by atoms with Crippen molar-refractivity contribution in [1.29, 1.82) is 0 Å². The number of hydrogen-bond donors (Lipinski definition) is 0. The minimum Gasteiger partial charge on any atom is -0.372 e. The van der Waals surface area contributed by atoms with E-state index < -0.39 is 34.5 Å². The Balaban J connectivity index is 2.44. The molecule has 0 bridgehead atoms. The van der Waals surface area contributed by atoms with Crippen LogP contribution in [0.5, 0.6) is 0 Å². The predicted octanol–water partition coefficient (Wildman–Crippen LogP) is 2.91. The Morgan fingerprint density at radius 3 is 2.39 bits per heavy atom. The van der Waals surface area contributed by atoms with Gasteiger partial charge in [-0.25, -0.2) is 0 Å². The van der Waals surface area contributed by atoms with Crippen LogP contribution in [0.15, 0.2) is 6.20 Å². The largest absolute Gasteiger partial charge is 0.433 e. The highest BCUT2D eigenvalue weighted by atomic mass is 19.4. The fourth-order valence-electron chi connectivity index (χ4n) is 2.65. The van der Waals surface area contributed by atoms with Gasteiger partial charge in [0.1, 0.15) is 0 Å². The van der Waals surface area contributed by atoms with E-state index in [2.05, 4.69) is 5.10 Å². The lowest BCUT2D eigenvalue weighted by molar-refractivity contribution is -0.146. The third kappa shape index (κ3) is 3.68. The first-order valence-corrected chi connectivity index (χ1v) is 7.42. The summed E-state index contributed by atoms with van der Waals surface area (Å²) in [6.45, 7) is 9.24. The Hall–Kier alpha value is -1.57. The molecule has 130 valence electrons. The van der Waals surface area contributed by atoms with Crippen LogP contribution in [-0.4, -0.2) is 45.9 Å². The fourth-order valence-corrected chi connectivity index (χ4v) is 2.65. The molecule has 0 saturated carbocycles. The fraction of sp³-hybridized carbons (Fsp3) is 0.733. The summed E-state index contributed by atoms with van der Waals surface area (Å²) < 4.78 is 46.9. The van der Waals surface area contributed by atoms with Crippen molar-refractivity contribution in [2.45, 2.75) is 51.9 Å². The summed E-state index contributed by atoms with van der Waals surface area (Å²) in [6.07, 6.45) is -3.64. The van der Waals surface area contributed by atoms with E-state index in [1.165, 1.54) is 4.90 Å². The molecule has 0 N–H and O–H groups in total. The molecule has 2 heterocycles. The number of alkyl halides is 3. The van der Waals surface area contributed by atoms with Crippen molar-refractivity contribution in [2.24, 2.45) is 0 Å². The first-order chi connectivity index (χ1) is 10.3.